The van der Waals surface area contributed by atoms with Crippen LogP contribution in [-0.4, -0.2) is 72.8 Å². The van der Waals surface area contributed by atoms with E-state index in [1.807, 2.05) is 24.3 Å². The zero-order valence-corrected chi connectivity index (χ0v) is 23.1. The minimum absolute atomic E-state index is 0.0874. The molecule has 0 radical (unpaired) electrons. The summed E-state index contributed by atoms with van der Waals surface area (Å²) in [7, 11) is 0. The average molecular weight is 556 g/mol. The number of carbonyl (C=O) groups is 2. The third kappa shape index (κ3) is 4.81. The summed E-state index contributed by atoms with van der Waals surface area (Å²) < 4.78 is 5.04. The summed E-state index contributed by atoms with van der Waals surface area (Å²) in [5.41, 5.74) is 5.90. The van der Waals surface area contributed by atoms with Gasteiger partial charge in [-0.15, -0.1) is 10.2 Å². The van der Waals surface area contributed by atoms with Crippen molar-refractivity contribution in [3.63, 3.8) is 0 Å². The molecule has 4 heterocycles. The van der Waals surface area contributed by atoms with Crippen molar-refractivity contribution in [2.24, 2.45) is 0 Å². The number of fused-ring (bicyclic) bond motifs is 1. The van der Waals surface area contributed by atoms with Gasteiger partial charge in [-0.05, 0) is 41.7 Å². The third-order valence-corrected chi connectivity index (χ3v) is 7.99. The quantitative estimate of drug-likeness (QED) is 0.267. The van der Waals surface area contributed by atoms with E-state index >= 15 is 0 Å². The molecular formula is C30H33N7O4. The van der Waals surface area contributed by atoms with E-state index in [4.69, 9.17) is 4.74 Å². The number of aromatic amines is 1. The van der Waals surface area contributed by atoms with Crippen LogP contribution in [0.3, 0.4) is 0 Å². The summed E-state index contributed by atoms with van der Waals surface area (Å²) in [6.07, 6.45) is 3.61. The molecule has 0 aliphatic carbocycles. The van der Waals surface area contributed by atoms with Gasteiger partial charge in [0.05, 0.1) is 31.1 Å². The molecular weight excluding hydrogens is 522 g/mol. The molecule has 6 rings (SSSR count). The predicted molar refractivity (Wildman–Crippen MR) is 150 cm³/mol. The lowest BCUT2D eigenvalue weighted by molar-refractivity contribution is -0.141. The van der Waals surface area contributed by atoms with Crippen molar-refractivity contribution in [2.45, 2.75) is 58.3 Å². The van der Waals surface area contributed by atoms with Crippen molar-refractivity contribution < 1.29 is 19.4 Å². The van der Waals surface area contributed by atoms with Crippen molar-refractivity contribution in [1.29, 1.82) is 0 Å². The number of hydrogen-bond donors (Lipinski definition) is 3. The highest BCUT2D eigenvalue weighted by Crippen LogP contribution is 2.39. The normalized spacial score (nSPS) is 19.9. The fourth-order valence-electron chi connectivity index (χ4n) is 5.96. The Morgan fingerprint density at radius 1 is 1.12 bits per heavy atom. The molecule has 3 N–H and O–H groups in total. The Morgan fingerprint density at radius 2 is 1.90 bits per heavy atom. The number of ether oxygens (including phenoxy) is 1. The number of nitrogens with one attached hydrogen (secondary N) is 2. The minimum Gasteiger partial charge on any atom is -0.509 e. The van der Waals surface area contributed by atoms with Gasteiger partial charge in [0.2, 0.25) is 5.82 Å². The first-order valence-corrected chi connectivity index (χ1v) is 14.1. The second-order valence-electron chi connectivity index (χ2n) is 10.5. The van der Waals surface area contributed by atoms with Gasteiger partial charge in [-0.3, -0.25) is 4.79 Å². The fourth-order valence-corrected chi connectivity index (χ4v) is 5.96. The van der Waals surface area contributed by atoms with Crippen LogP contribution in [-0.2, 0) is 20.9 Å². The largest absolute Gasteiger partial charge is 0.509 e. The maximum Gasteiger partial charge on any atom is 0.347 e. The maximum atomic E-state index is 13.2. The molecule has 0 spiro atoms. The zero-order chi connectivity index (χ0) is 28.5. The number of H-pyrrole nitrogens is 1. The number of aliphatic hydroxyl groups is 1. The lowest BCUT2D eigenvalue weighted by Crippen LogP contribution is -2.43. The number of tetrazole rings is 1. The smallest absolute Gasteiger partial charge is 0.347 e. The molecule has 3 aromatic rings. The fraction of sp³-hybridized carbons (Fsp3) is 0.367. The molecule has 41 heavy (non-hydrogen) atoms. The third-order valence-electron chi connectivity index (χ3n) is 7.99. The van der Waals surface area contributed by atoms with Crippen molar-refractivity contribution >= 4 is 11.9 Å². The maximum absolute atomic E-state index is 13.2. The number of hydrogen-bond acceptors (Lipinski definition) is 9. The lowest BCUT2D eigenvalue weighted by atomic mass is 9.98. The lowest BCUT2D eigenvalue weighted by Gasteiger charge is -2.34. The van der Waals surface area contributed by atoms with E-state index in [0.29, 0.717) is 25.3 Å². The van der Waals surface area contributed by atoms with E-state index in [9.17, 15) is 14.7 Å². The van der Waals surface area contributed by atoms with Gasteiger partial charge in [-0.25, -0.2) is 4.79 Å². The van der Waals surface area contributed by atoms with Gasteiger partial charge in [0, 0.05) is 24.2 Å². The molecule has 11 heteroatoms. The number of nitrogens with zero attached hydrogens (tertiary/aromatic N) is 5. The predicted octanol–water partition coefficient (Wildman–Crippen LogP) is 3.66. The van der Waals surface area contributed by atoms with Crippen molar-refractivity contribution in [3.05, 3.63) is 76.8 Å². The van der Waals surface area contributed by atoms with Crippen LogP contribution in [0.5, 0.6) is 0 Å². The number of esters is 1. The molecule has 3 aliphatic heterocycles. The molecule has 2 aromatic carbocycles. The van der Waals surface area contributed by atoms with Gasteiger partial charge in [0.15, 0.2) is 5.57 Å². The average Bonchev–Trinajstić information content (AvgIpc) is 3.69. The molecule has 2 unspecified atom stereocenters. The number of unbranched alkanes of at least 4 members (excludes halogenated alkanes) is 1. The van der Waals surface area contributed by atoms with Crippen LogP contribution < -0.4 is 5.32 Å². The molecule has 2 atom stereocenters. The summed E-state index contributed by atoms with van der Waals surface area (Å²) >= 11 is 0. The van der Waals surface area contributed by atoms with Gasteiger partial charge in [0.25, 0.3) is 5.91 Å². The highest BCUT2D eigenvalue weighted by atomic mass is 16.5. The van der Waals surface area contributed by atoms with Crippen molar-refractivity contribution in [1.82, 2.24) is 35.7 Å². The summed E-state index contributed by atoms with van der Waals surface area (Å²) in [4.78, 5) is 29.5. The van der Waals surface area contributed by atoms with Gasteiger partial charge in [-0.2, -0.15) is 5.21 Å². The van der Waals surface area contributed by atoms with E-state index in [2.05, 4.69) is 62.0 Å². The summed E-state index contributed by atoms with van der Waals surface area (Å²) in [6.45, 7) is 4.96. The Kier molecular flexibility index (Phi) is 7.17. The SMILES string of the molecule is CCCCC1NC2=C(CN3C(=O)C(C(=O)OCC)=C(O)C3C2)N1Cc1ccc(-c2ccccc2-c2nn[nH]n2)cc1. The molecule has 1 aromatic heterocycles. The Balaban J connectivity index is 1.24. The highest BCUT2D eigenvalue weighted by Gasteiger charge is 2.49. The van der Waals surface area contributed by atoms with Gasteiger partial charge >= 0.3 is 5.97 Å². The molecule has 0 saturated carbocycles. The zero-order valence-electron chi connectivity index (χ0n) is 23.1. The number of carbonyl (C=O) groups excluding carboxylic acids is 2. The summed E-state index contributed by atoms with van der Waals surface area (Å²) in [5.74, 6) is -0.887. The van der Waals surface area contributed by atoms with Crippen LogP contribution in [0, 0.1) is 0 Å². The van der Waals surface area contributed by atoms with Gasteiger partial charge in [-0.1, -0.05) is 61.9 Å². The van der Waals surface area contributed by atoms with E-state index in [-0.39, 0.29) is 24.1 Å². The minimum atomic E-state index is -0.767. The van der Waals surface area contributed by atoms with Crippen LogP contribution in [0.15, 0.2) is 71.3 Å². The monoisotopic (exact) mass is 555 g/mol. The standard InChI is InChI=1S/C30H33N7O4/c1-3-5-10-25-31-22-15-23-27(38)26(30(40)41-4-2)29(39)37(23)17-24(22)36(25)16-18-11-13-19(14-12-18)20-8-6-7-9-21(20)28-32-34-35-33-28/h6-9,11-14,23,25,31,38H,3-5,10,15-17H2,1-2H3,(H,32,33,34,35). The second-order valence-corrected chi connectivity index (χ2v) is 10.5. The van der Waals surface area contributed by atoms with Crippen molar-refractivity contribution in [3.8, 4) is 22.5 Å². The van der Waals surface area contributed by atoms with Crippen LogP contribution in [0.1, 0.15) is 45.1 Å². The number of rotatable bonds is 9. The molecule has 0 bridgehead atoms. The van der Waals surface area contributed by atoms with Crippen molar-refractivity contribution in [2.75, 3.05) is 13.2 Å². The molecule has 3 aliphatic rings. The molecule has 11 nitrogen and oxygen atoms in total. The first kappa shape index (κ1) is 26.5. The number of aliphatic hydroxyl groups excluding tert-OH is 1. The van der Waals surface area contributed by atoms with E-state index < -0.39 is 17.9 Å². The van der Waals surface area contributed by atoms with E-state index in [1.54, 1.807) is 11.8 Å². The molecule has 212 valence electrons. The van der Waals surface area contributed by atoms with Crippen LogP contribution in [0.4, 0.5) is 0 Å². The summed E-state index contributed by atoms with van der Waals surface area (Å²) in [6, 6.07) is 15.9. The highest BCUT2D eigenvalue weighted by molar-refractivity contribution is 6.18. The number of amides is 1. The van der Waals surface area contributed by atoms with Gasteiger partial charge < -0.3 is 25.0 Å². The Morgan fingerprint density at radius 3 is 2.61 bits per heavy atom. The Hall–Kier alpha value is -4.67. The first-order chi connectivity index (χ1) is 20.0. The van der Waals surface area contributed by atoms with E-state index in [1.165, 1.54) is 0 Å². The van der Waals surface area contributed by atoms with Gasteiger partial charge in [0.1, 0.15) is 5.76 Å². The number of aromatic nitrogens is 4. The molecule has 1 amide bonds. The van der Waals surface area contributed by atoms with Crippen LogP contribution >= 0.6 is 0 Å². The summed E-state index contributed by atoms with van der Waals surface area (Å²) in [5, 5.41) is 29.0. The van der Waals surface area contributed by atoms with Crippen LogP contribution in [0.2, 0.25) is 0 Å². The second kappa shape index (κ2) is 11.1. The topological polar surface area (TPSA) is 137 Å². The van der Waals surface area contributed by atoms with E-state index in [0.717, 1.165) is 52.9 Å². The first-order valence-electron chi connectivity index (χ1n) is 14.1. The molecule has 0 saturated heterocycles. The molecule has 0 fully saturated rings. The Labute approximate surface area is 237 Å². The number of benzene rings is 2. The Bertz CT molecular complexity index is 1510. The van der Waals surface area contributed by atoms with Crippen LogP contribution in [0.25, 0.3) is 22.5 Å².